The molecule has 2 N–H and O–H groups in total. The second kappa shape index (κ2) is 8.93. The van der Waals surface area contributed by atoms with Crippen molar-refractivity contribution in [1.82, 2.24) is 24.3 Å². The lowest BCUT2D eigenvalue weighted by Crippen LogP contribution is -2.37. The molecular formula is C21H23N5O4S. The van der Waals surface area contributed by atoms with Crippen LogP contribution in [-0.4, -0.2) is 36.9 Å². The number of nitrogens with one attached hydrogen (secondary N) is 2. The predicted molar refractivity (Wildman–Crippen MR) is 117 cm³/mol. The van der Waals surface area contributed by atoms with Crippen molar-refractivity contribution >= 4 is 29.6 Å². The van der Waals surface area contributed by atoms with Crippen LogP contribution >= 0.6 is 11.8 Å². The minimum Gasteiger partial charge on any atom is -0.341 e. The molecule has 10 heteroatoms. The zero-order valence-electron chi connectivity index (χ0n) is 17.1. The van der Waals surface area contributed by atoms with Crippen molar-refractivity contribution in [2.75, 3.05) is 5.75 Å². The van der Waals surface area contributed by atoms with Gasteiger partial charge in [0.1, 0.15) is 18.0 Å². The maximum atomic E-state index is 12.5. The van der Waals surface area contributed by atoms with Crippen LogP contribution < -0.4 is 16.6 Å². The van der Waals surface area contributed by atoms with Crippen molar-refractivity contribution in [2.24, 2.45) is 0 Å². The van der Waals surface area contributed by atoms with Crippen LogP contribution in [0.3, 0.4) is 0 Å². The third-order valence-corrected chi connectivity index (χ3v) is 6.41. The Balaban J connectivity index is 1.44. The van der Waals surface area contributed by atoms with Crippen LogP contribution in [0.15, 0.2) is 34.0 Å². The monoisotopic (exact) mass is 441 g/mol. The molecule has 0 aliphatic carbocycles. The molecule has 0 aromatic carbocycles. The maximum absolute atomic E-state index is 12.5. The van der Waals surface area contributed by atoms with Gasteiger partial charge in [-0.1, -0.05) is 6.07 Å². The van der Waals surface area contributed by atoms with Gasteiger partial charge in [-0.2, -0.15) is 11.8 Å². The van der Waals surface area contributed by atoms with E-state index in [1.54, 1.807) is 33.9 Å². The van der Waals surface area contributed by atoms with E-state index in [1.807, 2.05) is 18.2 Å². The van der Waals surface area contributed by atoms with Gasteiger partial charge in [-0.3, -0.25) is 19.1 Å². The van der Waals surface area contributed by atoms with Gasteiger partial charge >= 0.3 is 5.69 Å². The number of hydrogen-bond acceptors (Lipinski definition) is 6. The number of thioether (sulfide) groups is 1. The lowest BCUT2D eigenvalue weighted by atomic mass is 10.1. The zero-order chi connectivity index (χ0) is 22.0. The van der Waals surface area contributed by atoms with E-state index in [-0.39, 0.29) is 17.9 Å². The van der Waals surface area contributed by atoms with Gasteiger partial charge in [0, 0.05) is 36.2 Å². The molecule has 9 nitrogen and oxygen atoms in total. The normalized spacial score (nSPS) is 14.2. The van der Waals surface area contributed by atoms with Crippen molar-refractivity contribution in [2.45, 2.75) is 44.5 Å². The molecule has 0 radical (unpaired) electrons. The van der Waals surface area contributed by atoms with Crippen LogP contribution in [0, 0.1) is 6.92 Å². The molecule has 1 unspecified atom stereocenters. The summed E-state index contributed by atoms with van der Waals surface area (Å²) in [5.74, 6) is 1.16. The second-order valence-corrected chi connectivity index (χ2v) is 8.54. The van der Waals surface area contributed by atoms with E-state index in [9.17, 15) is 19.2 Å². The first kappa shape index (κ1) is 21.1. The number of aryl methyl sites for hydroxylation is 1. The first-order chi connectivity index (χ1) is 15.0. The first-order valence-corrected chi connectivity index (χ1v) is 11.3. The average molecular weight is 442 g/mol. The number of aromatic nitrogens is 4. The van der Waals surface area contributed by atoms with Gasteiger partial charge in [-0.15, -0.1) is 0 Å². The number of carbonyl (C=O) groups excluding carboxylic acids is 2. The molecule has 0 saturated heterocycles. The number of aromatic amines is 1. The molecule has 0 bridgehead atoms. The first-order valence-electron chi connectivity index (χ1n) is 10.1. The summed E-state index contributed by atoms with van der Waals surface area (Å²) in [5, 5.41) is 2.76. The average Bonchev–Trinajstić information content (AvgIpc) is 3.10. The summed E-state index contributed by atoms with van der Waals surface area (Å²) in [6, 6.07) is 4.71. The number of H-pyrrole nitrogens is 1. The summed E-state index contributed by atoms with van der Waals surface area (Å²) < 4.78 is 3.36. The Hall–Kier alpha value is -3.14. The van der Waals surface area contributed by atoms with Gasteiger partial charge in [-0.25, -0.2) is 9.78 Å². The van der Waals surface area contributed by atoms with E-state index in [2.05, 4.69) is 15.3 Å². The van der Waals surface area contributed by atoms with Crippen molar-refractivity contribution in [3.8, 4) is 0 Å². The summed E-state index contributed by atoms with van der Waals surface area (Å²) in [5.41, 5.74) is 2.65. The number of rotatable bonds is 7. The summed E-state index contributed by atoms with van der Waals surface area (Å²) in [6.07, 6.45) is 3.72. The van der Waals surface area contributed by atoms with Crippen molar-refractivity contribution in [3.63, 3.8) is 0 Å². The quantitative estimate of drug-likeness (QED) is 0.531. The highest BCUT2D eigenvalue weighted by atomic mass is 32.2. The van der Waals surface area contributed by atoms with E-state index in [0.717, 1.165) is 11.4 Å². The fourth-order valence-corrected chi connectivity index (χ4v) is 4.97. The largest absolute Gasteiger partial charge is 0.341 e. The van der Waals surface area contributed by atoms with Gasteiger partial charge in [0.25, 0.3) is 5.56 Å². The van der Waals surface area contributed by atoms with E-state index in [4.69, 9.17) is 0 Å². The van der Waals surface area contributed by atoms with Crippen molar-refractivity contribution in [3.05, 3.63) is 67.9 Å². The standard InChI is InChI=1S/C21H23N5O4S/c1-13-19(26-8-3-2-5-17(26)22-13)15(11-27)23-18(28)6-4-9-25-16-7-10-31-12-14(16)20(29)24-21(25)30/h2-3,5,8,11,15H,4,6-7,9-10,12H2,1H3,(H,23,28)(H,24,29,30). The van der Waals surface area contributed by atoms with Gasteiger partial charge in [0.2, 0.25) is 5.91 Å². The molecule has 0 saturated carbocycles. The van der Waals surface area contributed by atoms with Crippen LogP contribution in [0.1, 0.15) is 41.5 Å². The van der Waals surface area contributed by atoms with Crippen LogP contribution in [-0.2, 0) is 28.3 Å². The number of fused-ring (bicyclic) bond motifs is 2. The molecule has 1 aliphatic rings. The Kier molecular flexibility index (Phi) is 6.08. The molecule has 31 heavy (non-hydrogen) atoms. The maximum Gasteiger partial charge on any atom is 0.328 e. The number of pyridine rings is 1. The molecule has 1 atom stereocenters. The molecule has 0 spiro atoms. The molecule has 4 heterocycles. The zero-order valence-corrected chi connectivity index (χ0v) is 17.9. The van der Waals surface area contributed by atoms with Gasteiger partial charge in [-0.05, 0) is 37.7 Å². The Morgan fingerprint density at radius 1 is 1.39 bits per heavy atom. The third kappa shape index (κ3) is 4.20. The van der Waals surface area contributed by atoms with E-state index < -0.39 is 11.7 Å². The second-order valence-electron chi connectivity index (χ2n) is 7.43. The predicted octanol–water partition coefficient (Wildman–Crippen LogP) is 1.12. The fraction of sp³-hybridized carbons (Fsp3) is 0.381. The molecule has 1 amide bonds. The Labute approximate surface area is 181 Å². The number of aldehydes is 1. The summed E-state index contributed by atoms with van der Waals surface area (Å²) in [7, 11) is 0. The van der Waals surface area contributed by atoms with Gasteiger partial charge in [0.05, 0.1) is 11.4 Å². The third-order valence-electron chi connectivity index (χ3n) is 5.43. The molecule has 4 rings (SSSR count). The lowest BCUT2D eigenvalue weighted by molar-refractivity contribution is -0.124. The van der Waals surface area contributed by atoms with Crippen LogP contribution in [0.4, 0.5) is 0 Å². The fourth-order valence-electron chi connectivity index (χ4n) is 3.99. The lowest BCUT2D eigenvalue weighted by Gasteiger charge is -2.19. The minimum absolute atomic E-state index is 0.148. The number of nitrogens with zero attached hydrogens (tertiary/aromatic N) is 3. The molecule has 1 aliphatic heterocycles. The highest BCUT2D eigenvalue weighted by Crippen LogP contribution is 2.21. The molecule has 0 fully saturated rings. The van der Waals surface area contributed by atoms with E-state index in [1.165, 1.54) is 0 Å². The van der Waals surface area contributed by atoms with Crippen molar-refractivity contribution in [1.29, 1.82) is 0 Å². The molecule has 3 aromatic heterocycles. The van der Waals surface area contributed by atoms with Crippen LogP contribution in [0.2, 0.25) is 0 Å². The minimum atomic E-state index is -0.814. The highest BCUT2D eigenvalue weighted by molar-refractivity contribution is 7.98. The Bertz CT molecular complexity index is 1260. The van der Waals surface area contributed by atoms with E-state index in [0.29, 0.717) is 54.0 Å². The number of hydrogen-bond donors (Lipinski definition) is 2. The van der Waals surface area contributed by atoms with E-state index >= 15 is 0 Å². The topological polar surface area (TPSA) is 118 Å². The van der Waals surface area contributed by atoms with Crippen LogP contribution in [0.5, 0.6) is 0 Å². The SMILES string of the molecule is Cc1nc2ccccn2c1C(C=O)NC(=O)CCCn1c2c(c(=O)[nH]c1=O)CSCC2. The van der Waals surface area contributed by atoms with Gasteiger partial charge < -0.3 is 14.5 Å². The van der Waals surface area contributed by atoms with Crippen molar-refractivity contribution < 1.29 is 9.59 Å². The summed E-state index contributed by atoms with van der Waals surface area (Å²) >= 11 is 1.67. The number of imidazole rings is 1. The molecule has 162 valence electrons. The summed E-state index contributed by atoms with van der Waals surface area (Å²) in [4.78, 5) is 55.4. The van der Waals surface area contributed by atoms with Crippen LogP contribution in [0.25, 0.3) is 5.65 Å². The summed E-state index contributed by atoms with van der Waals surface area (Å²) in [6.45, 7) is 2.13. The highest BCUT2D eigenvalue weighted by Gasteiger charge is 2.22. The smallest absolute Gasteiger partial charge is 0.328 e. The number of carbonyl (C=O) groups is 2. The number of amides is 1. The molecular weight excluding hydrogens is 418 g/mol. The Morgan fingerprint density at radius 3 is 3.03 bits per heavy atom. The Morgan fingerprint density at radius 2 is 2.23 bits per heavy atom. The van der Waals surface area contributed by atoms with Gasteiger partial charge in [0.15, 0.2) is 0 Å². The molecule has 3 aromatic rings.